The van der Waals surface area contributed by atoms with Gasteiger partial charge in [0, 0.05) is 33.7 Å². The molecule has 2 atom stereocenters. The number of nitrogens with zero attached hydrogens (tertiary/aromatic N) is 2. The van der Waals surface area contributed by atoms with Gasteiger partial charge in [0.25, 0.3) is 0 Å². The van der Waals surface area contributed by atoms with Crippen LogP contribution in [0.1, 0.15) is 55.0 Å². The average Bonchev–Trinajstić information content (AvgIpc) is 3.35. The fraction of sp³-hybridized carbons (Fsp3) is 0.423. The lowest BCUT2D eigenvalue weighted by molar-refractivity contribution is 0.245. The molecular weight excluding hydrogens is 482 g/mol. The monoisotopic (exact) mass is 509 g/mol. The molecule has 1 saturated carbocycles. The van der Waals surface area contributed by atoms with Crippen molar-refractivity contribution < 1.29 is 4.74 Å². The molecule has 0 spiro atoms. The molecule has 3 aromatic rings. The van der Waals surface area contributed by atoms with Gasteiger partial charge < -0.3 is 19.5 Å². The van der Waals surface area contributed by atoms with E-state index in [4.69, 9.17) is 17.0 Å². The quantitative estimate of drug-likeness (QED) is 0.426. The van der Waals surface area contributed by atoms with Crippen LogP contribution in [-0.4, -0.2) is 45.6 Å². The van der Waals surface area contributed by atoms with Gasteiger partial charge in [0.05, 0.1) is 19.2 Å². The van der Waals surface area contributed by atoms with E-state index in [1.54, 1.807) is 7.11 Å². The van der Waals surface area contributed by atoms with E-state index in [1.807, 2.05) is 0 Å². The summed E-state index contributed by atoms with van der Waals surface area (Å²) in [4.78, 5) is 8.86. The third-order valence-electron chi connectivity index (χ3n) is 7.61. The van der Waals surface area contributed by atoms with Crippen LogP contribution in [0.5, 0.6) is 5.75 Å². The fourth-order valence-corrected chi connectivity index (χ4v) is 6.90. The molecule has 4 nitrogen and oxygen atoms in total. The van der Waals surface area contributed by atoms with Crippen molar-refractivity contribution in [2.75, 3.05) is 13.7 Å². The number of hydrogen-bond donors (Lipinski definition) is 1. The highest BCUT2D eigenvalue weighted by Gasteiger charge is 2.46. The Morgan fingerprint density at radius 2 is 1.81 bits per heavy atom. The molecule has 1 aliphatic carbocycles. The molecule has 6 rings (SSSR count). The smallest absolute Gasteiger partial charge is 0.173 e. The molecule has 2 fully saturated rings. The van der Waals surface area contributed by atoms with Crippen LogP contribution < -0.4 is 4.74 Å². The van der Waals surface area contributed by atoms with E-state index in [0.717, 1.165) is 28.3 Å². The lowest BCUT2D eigenvalue weighted by Crippen LogP contribution is -2.44. The van der Waals surface area contributed by atoms with Gasteiger partial charge >= 0.3 is 0 Å². The first-order chi connectivity index (χ1) is 15.6. The van der Waals surface area contributed by atoms with Crippen LogP contribution in [0.3, 0.4) is 0 Å². The SMILES string of the molecule is COc1ccc(C2c3[nH]c4ccc(Br)cc4c3CC3CN(C4CCCCC4)C(=S)N32)cc1. The van der Waals surface area contributed by atoms with E-state index in [0.29, 0.717) is 12.1 Å². The lowest BCUT2D eigenvalue weighted by Gasteiger charge is -2.39. The maximum atomic E-state index is 6.18. The Morgan fingerprint density at radius 3 is 2.56 bits per heavy atom. The second-order valence-corrected chi connectivity index (χ2v) is 10.7. The van der Waals surface area contributed by atoms with E-state index in [9.17, 15) is 0 Å². The Morgan fingerprint density at radius 1 is 1.03 bits per heavy atom. The number of aromatic amines is 1. The Hall–Kier alpha value is -2.05. The Labute approximate surface area is 203 Å². The molecule has 0 radical (unpaired) electrons. The molecule has 6 heteroatoms. The van der Waals surface area contributed by atoms with E-state index >= 15 is 0 Å². The maximum Gasteiger partial charge on any atom is 0.173 e. The standard InChI is InChI=1S/C26H28BrN3OS/c1-31-20-10-7-16(8-11-20)25-24-22(21-13-17(27)9-12-23(21)28-24)14-19-15-29(26(32)30(19)25)18-5-3-2-4-6-18/h7-13,18-19,25,28H,2-6,14-15H2,1H3. The van der Waals surface area contributed by atoms with Gasteiger partial charge in [-0.25, -0.2) is 0 Å². The molecule has 2 unspecified atom stereocenters. The first-order valence-electron chi connectivity index (χ1n) is 11.7. The van der Waals surface area contributed by atoms with Crippen LogP contribution in [0.2, 0.25) is 0 Å². The fourth-order valence-electron chi connectivity index (χ4n) is 6.06. The average molecular weight is 511 g/mol. The predicted octanol–water partition coefficient (Wildman–Crippen LogP) is 6.19. The van der Waals surface area contributed by atoms with Crippen molar-refractivity contribution in [2.45, 2.75) is 56.7 Å². The molecule has 1 N–H and O–H groups in total. The Kier molecular flexibility index (Phi) is 5.18. The third kappa shape index (κ3) is 3.26. The van der Waals surface area contributed by atoms with Crippen LogP contribution in [0, 0.1) is 0 Å². The van der Waals surface area contributed by atoms with Crippen LogP contribution >= 0.6 is 28.1 Å². The summed E-state index contributed by atoms with van der Waals surface area (Å²) in [5.41, 5.74) is 5.19. The van der Waals surface area contributed by atoms with Crippen LogP contribution in [-0.2, 0) is 6.42 Å². The van der Waals surface area contributed by atoms with Gasteiger partial charge in [-0.2, -0.15) is 0 Å². The van der Waals surface area contributed by atoms with Gasteiger partial charge in [-0.15, -0.1) is 0 Å². The molecule has 1 saturated heterocycles. The van der Waals surface area contributed by atoms with Crippen LogP contribution in [0.25, 0.3) is 10.9 Å². The van der Waals surface area contributed by atoms with Gasteiger partial charge in [-0.1, -0.05) is 47.3 Å². The molecule has 166 valence electrons. The molecule has 0 bridgehead atoms. The number of ether oxygens (including phenoxy) is 1. The summed E-state index contributed by atoms with van der Waals surface area (Å²) in [6, 6.07) is 16.2. The predicted molar refractivity (Wildman–Crippen MR) is 136 cm³/mol. The van der Waals surface area contributed by atoms with Gasteiger partial charge in [0.2, 0.25) is 0 Å². The summed E-state index contributed by atoms with van der Waals surface area (Å²) in [7, 11) is 1.72. The van der Waals surface area contributed by atoms with Crippen molar-refractivity contribution in [2.24, 2.45) is 0 Å². The number of halogens is 1. The largest absolute Gasteiger partial charge is 0.497 e. The zero-order valence-electron chi connectivity index (χ0n) is 18.3. The van der Waals surface area contributed by atoms with Crippen molar-refractivity contribution in [3.8, 4) is 5.75 Å². The molecule has 1 aromatic heterocycles. The zero-order chi connectivity index (χ0) is 21.8. The summed E-state index contributed by atoms with van der Waals surface area (Å²) in [5, 5.41) is 2.36. The minimum Gasteiger partial charge on any atom is -0.497 e. The number of methoxy groups -OCH3 is 1. The van der Waals surface area contributed by atoms with Crippen molar-refractivity contribution in [3.63, 3.8) is 0 Å². The van der Waals surface area contributed by atoms with Crippen molar-refractivity contribution >= 4 is 44.2 Å². The molecular formula is C26H28BrN3OS. The van der Waals surface area contributed by atoms with E-state index < -0.39 is 0 Å². The Balaban J connectivity index is 1.47. The highest BCUT2D eigenvalue weighted by atomic mass is 79.9. The van der Waals surface area contributed by atoms with E-state index in [2.05, 4.69) is 73.2 Å². The Bertz CT molecular complexity index is 1170. The highest BCUT2D eigenvalue weighted by Crippen LogP contribution is 2.45. The lowest BCUT2D eigenvalue weighted by atomic mass is 9.89. The minimum atomic E-state index is 0.0990. The molecule has 3 aliphatic rings. The van der Waals surface area contributed by atoms with E-state index in [1.165, 1.54) is 59.8 Å². The first kappa shape index (κ1) is 20.5. The summed E-state index contributed by atoms with van der Waals surface area (Å²) in [6.45, 7) is 1.04. The molecule has 0 amide bonds. The summed E-state index contributed by atoms with van der Waals surface area (Å²) >= 11 is 9.86. The number of hydrogen-bond acceptors (Lipinski definition) is 2. The second-order valence-electron chi connectivity index (χ2n) is 9.37. The topological polar surface area (TPSA) is 31.5 Å². The molecule has 2 aromatic carbocycles. The minimum absolute atomic E-state index is 0.0990. The first-order valence-corrected chi connectivity index (χ1v) is 12.9. The van der Waals surface area contributed by atoms with Crippen molar-refractivity contribution in [1.29, 1.82) is 0 Å². The number of H-pyrrole nitrogens is 1. The van der Waals surface area contributed by atoms with Gasteiger partial charge in [0.1, 0.15) is 5.75 Å². The van der Waals surface area contributed by atoms with Crippen LogP contribution in [0.15, 0.2) is 46.9 Å². The maximum absolute atomic E-state index is 6.18. The second kappa shape index (κ2) is 8.07. The number of benzene rings is 2. The number of fused-ring (bicyclic) bond motifs is 4. The summed E-state index contributed by atoms with van der Waals surface area (Å²) < 4.78 is 6.56. The van der Waals surface area contributed by atoms with Crippen molar-refractivity contribution in [1.82, 2.24) is 14.8 Å². The van der Waals surface area contributed by atoms with Crippen molar-refractivity contribution in [3.05, 3.63) is 63.8 Å². The number of aromatic nitrogens is 1. The number of rotatable bonds is 3. The van der Waals surface area contributed by atoms with Crippen LogP contribution in [0.4, 0.5) is 0 Å². The summed E-state index contributed by atoms with van der Waals surface area (Å²) in [6.07, 6.45) is 7.60. The highest BCUT2D eigenvalue weighted by molar-refractivity contribution is 9.10. The zero-order valence-corrected chi connectivity index (χ0v) is 20.7. The molecule has 2 aliphatic heterocycles. The van der Waals surface area contributed by atoms with Gasteiger partial charge in [-0.05, 0) is 72.9 Å². The van der Waals surface area contributed by atoms with Gasteiger partial charge in [-0.3, -0.25) is 0 Å². The molecule has 32 heavy (non-hydrogen) atoms. The van der Waals surface area contributed by atoms with Gasteiger partial charge in [0.15, 0.2) is 5.11 Å². The normalized spacial score (nSPS) is 23.5. The number of nitrogens with one attached hydrogen (secondary N) is 1. The molecule has 3 heterocycles. The van der Waals surface area contributed by atoms with E-state index in [-0.39, 0.29) is 6.04 Å². The summed E-state index contributed by atoms with van der Waals surface area (Å²) in [5.74, 6) is 0.884. The third-order valence-corrected chi connectivity index (χ3v) is 8.55. The number of thiocarbonyl (C=S) groups is 1.